The van der Waals surface area contributed by atoms with Crippen LogP contribution in [-0.4, -0.2) is 5.91 Å². The van der Waals surface area contributed by atoms with E-state index < -0.39 is 0 Å². The first-order valence-electron chi connectivity index (χ1n) is 6.64. The maximum absolute atomic E-state index is 12.2. The predicted molar refractivity (Wildman–Crippen MR) is 80.1 cm³/mol. The van der Waals surface area contributed by atoms with Gasteiger partial charge in [0.1, 0.15) is 0 Å². The molecular weight excluding hydrogens is 250 g/mol. The zero-order valence-corrected chi connectivity index (χ0v) is 11.2. The van der Waals surface area contributed by atoms with E-state index in [1.165, 1.54) is 0 Å². The Morgan fingerprint density at radius 3 is 2.70 bits per heavy atom. The Hall–Kier alpha value is -2.33. The van der Waals surface area contributed by atoms with Crippen LogP contribution in [0.4, 0.5) is 11.4 Å². The molecule has 0 unspecified atom stereocenters. The van der Waals surface area contributed by atoms with E-state index in [1.54, 1.807) is 0 Å². The van der Waals surface area contributed by atoms with Crippen LogP contribution >= 0.6 is 0 Å². The minimum absolute atomic E-state index is 0.115. The van der Waals surface area contributed by atoms with Gasteiger partial charge in [0.25, 0.3) is 0 Å². The Morgan fingerprint density at radius 2 is 1.90 bits per heavy atom. The van der Waals surface area contributed by atoms with Gasteiger partial charge in [0.15, 0.2) is 0 Å². The third-order valence-corrected chi connectivity index (χ3v) is 3.60. The number of carbonyl (C=O) groups is 1. The Kier molecular flexibility index (Phi) is 3.16. The summed E-state index contributed by atoms with van der Waals surface area (Å²) in [6.07, 6.45) is 0.428. The smallest absolute Gasteiger partial charge is 0.231 e. The summed E-state index contributed by atoms with van der Waals surface area (Å²) in [4.78, 5) is 14.0. The fourth-order valence-corrected chi connectivity index (χ4v) is 2.61. The second-order valence-corrected chi connectivity index (χ2v) is 5.07. The van der Waals surface area contributed by atoms with E-state index in [4.69, 9.17) is 11.5 Å². The fraction of sp³-hybridized carbons (Fsp3) is 0.188. The summed E-state index contributed by atoms with van der Waals surface area (Å²) in [7, 11) is 0. The molecule has 1 heterocycles. The maximum atomic E-state index is 12.2. The molecule has 0 spiro atoms. The second-order valence-electron chi connectivity index (χ2n) is 5.07. The number of nitrogens with zero attached hydrogens (tertiary/aromatic N) is 1. The molecule has 102 valence electrons. The largest absolute Gasteiger partial charge is 0.399 e. The fourth-order valence-electron chi connectivity index (χ4n) is 2.61. The lowest BCUT2D eigenvalue weighted by atomic mass is 10.1. The molecule has 3 rings (SSSR count). The molecule has 0 fully saturated rings. The molecule has 4 N–H and O–H groups in total. The normalized spacial score (nSPS) is 13.7. The van der Waals surface area contributed by atoms with E-state index >= 15 is 0 Å². The number of fused-ring (bicyclic) bond motifs is 1. The number of rotatable bonds is 3. The third kappa shape index (κ3) is 2.26. The summed E-state index contributed by atoms with van der Waals surface area (Å²) in [5.74, 6) is 0.115. The van der Waals surface area contributed by atoms with Crippen LogP contribution in [0.5, 0.6) is 0 Å². The molecule has 1 aliphatic rings. The third-order valence-electron chi connectivity index (χ3n) is 3.60. The number of hydrogen-bond donors (Lipinski definition) is 2. The average Bonchev–Trinajstić information content (AvgIpc) is 2.74. The van der Waals surface area contributed by atoms with Crippen LogP contribution in [0.3, 0.4) is 0 Å². The van der Waals surface area contributed by atoms with Gasteiger partial charge in [-0.3, -0.25) is 4.79 Å². The van der Waals surface area contributed by atoms with Crippen molar-refractivity contribution in [2.24, 2.45) is 5.73 Å². The van der Waals surface area contributed by atoms with Gasteiger partial charge in [-0.25, -0.2) is 0 Å². The topological polar surface area (TPSA) is 72.3 Å². The molecule has 20 heavy (non-hydrogen) atoms. The van der Waals surface area contributed by atoms with Gasteiger partial charge >= 0.3 is 0 Å². The molecule has 2 aromatic rings. The number of nitrogen functional groups attached to an aromatic ring is 1. The highest BCUT2D eigenvalue weighted by Gasteiger charge is 2.27. The van der Waals surface area contributed by atoms with Crippen molar-refractivity contribution in [1.82, 2.24) is 0 Å². The Bertz CT molecular complexity index is 667. The molecule has 1 amide bonds. The lowest BCUT2D eigenvalue weighted by Gasteiger charge is -2.18. The van der Waals surface area contributed by atoms with Gasteiger partial charge < -0.3 is 16.4 Å². The molecule has 0 radical (unpaired) electrons. The van der Waals surface area contributed by atoms with Crippen molar-refractivity contribution in [3.8, 4) is 0 Å². The van der Waals surface area contributed by atoms with Gasteiger partial charge in [-0.05, 0) is 34.9 Å². The van der Waals surface area contributed by atoms with Crippen molar-refractivity contribution in [1.29, 1.82) is 0 Å². The number of benzene rings is 2. The van der Waals surface area contributed by atoms with E-state index in [-0.39, 0.29) is 5.91 Å². The van der Waals surface area contributed by atoms with Crippen LogP contribution in [0.25, 0.3) is 0 Å². The number of amides is 1. The first-order chi connectivity index (χ1) is 9.67. The van der Waals surface area contributed by atoms with Crippen molar-refractivity contribution < 1.29 is 4.79 Å². The van der Waals surface area contributed by atoms with Crippen molar-refractivity contribution in [2.75, 3.05) is 10.6 Å². The van der Waals surface area contributed by atoms with Crippen LogP contribution in [0, 0.1) is 0 Å². The van der Waals surface area contributed by atoms with Crippen LogP contribution in [0.2, 0.25) is 0 Å². The van der Waals surface area contributed by atoms with E-state index in [0.29, 0.717) is 25.2 Å². The summed E-state index contributed by atoms with van der Waals surface area (Å²) in [6.45, 7) is 1.08. The van der Waals surface area contributed by atoms with Gasteiger partial charge in [-0.15, -0.1) is 0 Å². The number of anilines is 2. The average molecular weight is 267 g/mol. The molecule has 4 heteroatoms. The lowest BCUT2D eigenvalue weighted by molar-refractivity contribution is -0.117. The number of hydrogen-bond acceptors (Lipinski definition) is 3. The minimum atomic E-state index is 0.115. The minimum Gasteiger partial charge on any atom is -0.399 e. The second kappa shape index (κ2) is 4.98. The van der Waals surface area contributed by atoms with Crippen molar-refractivity contribution in [3.63, 3.8) is 0 Å². The molecule has 4 nitrogen and oxygen atoms in total. The van der Waals surface area contributed by atoms with E-state index in [2.05, 4.69) is 0 Å². The lowest BCUT2D eigenvalue weighted by Crippen LogP contribution is -2.26. The molecule has 0 atom stereocenters. The van der Waals surface area contributed by atoms with Gasteiger partial charge in [0.2, 0.25) is 5.91 Å². The predicted octanol–water partition coefficient (Wildman–Crippen LogP) is 1.82. The van der Waals surface area contributed by atoms with Crippen LogP contribution < -0.4 is 16.4 Å². The van der Waals surface area contributed by atoms with Crippen LogP contribution in [-0.2, 0) is 24.3 Å². The standard InChI is InChI=1S/C16H17N3O/c17-9-11-2-1-3-12(6-11)10-19-15-5-4-14(18)7-13(15)8-16(19)20/h1-7H,8-10,17-18H2. The zero-order valence-electron chi connectivity index (χ0n) is 11.2. The molecular formula is C16H17N3O. The summed E-state index contributed by atoms with van der Waals surface area (Å²) >= 11 is 0. The molecule has 1 aliphatic heterocycles. The van der Waals surface area contributed by atoms with Gasteiger partial charge in [-0.1, -0.05) is 24.3 Å². The zero-order chi connectivity index (χ0) is 14.1. The number of nitrogens with two attached hydrogens (primary N) is 2. The summed E-state index contributed by atoms with van der Waals surface area (Å²) < 4.78 is 0. The summed E-state index contributed by atoms with van der Waals surface area (Å²) in [6, 6.07) is 13.7. The summed E-state index contributed by atoms with van der Waals surface area (Å²) in [5.41, 5.74) is 16.2. The van der Waals surface area contributed by atoms with Crippen molar-refractivity contribution >= 4 is 17.3 Å². The maximum Gasteiger partial charge on any atom is 0.231 e. The SMILES string of the molecule is NCc1cccc(CN2C(=O)Cc3cc(N)ccc32)c1. The molecule has 2 aromatic carbocycles. The monoisotopic (exact) mass is 267 g/mol. The molecule has 0 aromatic heterocycles. The van der Waals surface area contributed by atoms with E-state index in [0.717, 1.165) is 22.4 Å². The highest BCUT2D eigenvalue weighted by atomic mass is 16.2. The highest BCUT2D eigenvalue weighted by Crippen LogP contribution is 2.31. The van der Waals surface area contributed by atoms with Crippen molar-refractivity contribution in [2.45, 2.75) is 19.5 Å². The van der Waals surface area contributed by atoms with Gasteiger partial charge in [0.05, 0.1) is 13.0 Å². The van der Waals surface area contributed by atoms with Gasteiger partial charge in [0, 0.05) is 17.9 Å². The Balaban J connectivity index is 1.90. The van der Waals surface area contributed by atoms with E-state index in [9.17, 15) is 4.79 Å². The molecule has 0 saturated carbocycles. The Labute approximate surface area is 118 Å². The molecule has 0 saturated heterocycles. The number of carbonyl (C=O) groups excluding carboxylic acids is 1. The van der Waals surface area contributed by atoms with Crippen LogP contribution in [0.1, 0.15) is 16.7 Å². The van der Waals surface area contributed by atoms with Crippen molar-refractivity contribution in [3.05, 3.63) is 59.2 Å². The quantitative estimate of drug-likeness (QED) is 0.833. The van der Waals surface area contributed by atoms with E-state index in [1.807, 2.05) is 47.4 Å². The first kappa shape index (κ1) is 12.7. The Morgan fingerprint density at radius 1 is 1.10 bits per heavy atom. The molecule has 0 bridgehead atoms. The first-order valence-corrected chi connectivity index (χ1v) is 6.64. The van der Waals surface area contributed by atoms with Crippen LogP contribution in [0.15, 0.2) is 42.5 Å². The summed E-state index contributed by atoms with van der Waals surface area (Å²) in [5, 5.41) is 0. The van der Waals surface area contributed by atoms with Gasteiger partial charge in [-0.2, -0.15) is 0 Å². The highest BCUT2D eigenvalue weighted by molar-refractivity contribution is 6.01. The molecule has 0 aliphatic carbocycles.